The smallest absolute Gasteiger partial charge is 0.387 e. The van der Waals surface area contributed by atoms with E-state index in [2.05, 4.69) is 9.64 Å². The normalized spacial score (nSPS) is 16.5. The molecule has 0 aliphatic carbocycles. The van der Waals surface area contributed by atoms with Gasteiger partial charge in [-0.15, -0.1) is 0 Å². The van der Waals surface area contributed by atoms with Crippen LogP contribution < -0.4 is 4.74 Å². The summed E-state index contributed by atoms with van der Waals surface area (Å²) in [5, 5.41) is 0. The quantitative estimate of drug-likeness (QED) is 0.847. The van der Waals surface area contributed by atoms with Crippen molar-refractivity contribution in [1.82, 2.24) is 9.80 Å². The molecule has 0 spiro atoms. The monoisotopic (exact) mass is 284 g/mol. The first-order chi connectivity index (χ1) is 9.56. The van der Waals surface area contributed by atoms with Crippen LogP contribution in [0.3, 0.4) is 0 Å². The highest BCUT2D eigenvalue weighted by molar-refractivity contribution is 5.73. The topological polar surface area (TPSA) is 32.8 Å². The number of alkyl halides is 2. The van der Waals surface area contributed by atoms with E-state index >= 15 is 0 Å². The minimum atomic E-state index is -2.81. The van der Waals surface area contributed by atoms with Crippen LogP contribution in [0.1, 0.15) is 12.5 Å². The number of ether oxygens (including phenoxy) is 1. The Labute approximate surface area is 116 Å². The molecule has 0 radical (unpaired) electrons. The van der Waals surface area contributed by atoms with Crippen LogP contribution in [0.15, 0.2) is 24.3 Å². The number of carbonyl (C=O) groups excluding carboxylic acids is 1. The van der Waals surface area contributed by atoms with Crippen LogP contribution in [-0.2, 0) is 11.3 Å². The Morgan fingerprint density at radius 1 is 1.25 bits per heavy atom. The maximum Gasteiger partial charge on any atom is 0.387 e. The molecule has 6 heteroatoms. The maximum absolute atomic E-state index is 12.3. The van der Waals surface area contributed by atoms with E-state index in [0.29, 0.717) is 19.6 Å². The Morgan fingerprint density at radius 3 is 2.50 bits per heavy atom. The molecule has 0 aromatic heterocycles. The van der Waals surface area contributed by atoms with E-state index in [1.54, 1.807) is 36.1 Å². The number of para-hydroxylation sites is 1. The summed E-state index contributed by atoms with van der Waals surface area (Å²) in [6, 6.07) is 6.82. The van der Waals surface area contributed by atoms with Crippen molar-refractivity contribution < 1.29 is 18.3 Å². The van der Waals surface area contributed by atoms with Crippen LogP contribution >= 0.6 is 0 Å². The molecule has 0 N–H and O–H groups in total. The van der Waals surface area contributed by atoms with E-state index < -0.39 is 6.61 Å². The summed E-state index contributed by atoms with van der Waals surface area (Å²) in [7, 11) is 0. The minimum absolute atomic E-state index is 0.0751. The number of rotatable bonds is 4. The van der Waals surface area contributed by atoms with E-state index in [1.165, 1.54) is 0 Å². The van der Waals surface area contributed by atoms with Crippen LogP contribution in [0.4, 0.5) is 8.78 Å². The third-order valence-corrected chi connectivity index (χ3v) is 3.40. The van der Waals surface area contributed by atoms with Crippen molar-refractivity contribution in [1.29, 1.82) is 0 Å². The zero-order valence-electron chi connectivity index (χ0n) is 11.4. The Balaban J connectivity index is 1.96. The number of nitrogens with zero attached hydrogens (tertiary/aromatic N) is 2. The Kier molecular flexibility index (Phi) is 4.89. The van der Waals surface area contributed by atoms with Crippen LogP contribution in [0, 0.1) is 0 Å². The predicted octanol–water partition coefficient (Wildman–Crippen LogP) is 1.95. The highest BCUT2D eigenvalue weighted by Gasteiger charge is 2.20. The largest absolute Gasteiger partial charge is 0.434 e. The van der Waals surface area contributed by atoms with Gasteiger partial charge in [0.05, 0.1) is 0 Å². The number of piperazine rings is 1. The van der Waals surface area contributed by atoms with Crippen LogP contribution in [0.5, 0.6) is 5.75 Å². The molecule has 1 heterocycles. The van der Waals surface area contributed by atoms with Gasteiger partial charge in [0.1, 0.15) is 5.75 Å². The number of benzene rings is 1. The van der Waals surface area contributed by atoms with Crippen molar-refractivity contribution >= 4 is 5.91 Å². The molecule has 1 aromatic rings. The molecule has 1 aromatic carbocycles. The second kappa shape index (κ2) is 6.65. The predicted molar refractivity (Wildman–Crippen MR) is 70.6 cm³/mol. The molecule has 1 fully saturated rings. The highest BCUT2D eigenvalue weighted by atomic mass is 19.3. The Morgan fingerprint density at radius 2 is 1.90 bits per heavy atom. The molecule has 0 unspecified atom stereocenters. The molecule has 2 rings (SSSR count). The fraction of sp³-hybridized carbons (Fsp3) is 0.500. The average Bonchev–Trinajstić information content (AvgIpc) is 2.41. The molecule has 110 valence electrons. The van der Waals surface area contributed by atoms with Crippen molar-refractivity contribution in [3.63, 3.8) is 0 Å². The van der Waals surface area contributed by atoms with Crippen molar-refractivity contribution in [2.45, 2.75) is 20.1 Å². The average molecular weight is 284 g/mol. The molecular weight excluding hydrogens is 266 g/mol. The SMILES string of the molecule is CC(=O)N1CCN(Cc2ccccc2OC(F)F)CC1. The van der Waals surface area contributed by atoms with Crippen molar-refractivity contribution in [2.75, 3.05) is 26.2 Å². The Bertz CT molecular complexity index is 460. The summed E-state index contributed by atoms with van der Waals surface area (Å²) in [4.78, 5) is 15.2. The number of hydrogen-bond acceptors (Lipinski definition) is 3. The zero-order valence-corrected chi connectivity index (χ0v) is 11.4. The minimum Gasteiger partial charge on any atom is -0.434 e. The van der Waals surface area contributed by atoms with E-state index in [1.807, 2.05) is 0 Å². The van der Waals surface area contributed by atoms with E-state index in [0.717, 1.165) is 18.7 Å². The fourth-order valence-corrected chi connectivity index (χ4v) is 2.31. The van der Waals surface area contributed by atoms with Gasteiger partial charge in [-0.3, -0.25) is 9.69 Å². The molecule has 4 nitrogen and oxygen atoms in total. The van der Waals surface area contributed by atoms with Crippen LogP contribution in [0.25, 0.3) is 0 Å². The van der Waals surface area contributed by atoms with Crippen molar-refractivity contribution in [3.8, 4) is 5.75 Å². The summed E-state index contributed by atoms with van der Waals surface area (Å²) < 4.78 is 29.2. The van der Waals surface area contributed by atoms with E-state index in [4.69, 9.17) is 0 Å². The summed E-state index contributed by atoms with van der Waals surface area (Å²) in [5.41, 5.74) is 0.740. The Hall–Kier alpha value is -1.69. The van der Waals surface area contributed by atoms with Gasteiger partial charge in [-0.1, -0.05) is 18.2 Å². The van der Waals surface area contributed by atoms with E-state index in [-0.39, 0.29) is 11.7 Å². The van der Waals surface area contributed by atoms with Gasteiger partial charge in [-0.05, 0) is 6.07 Å². The third-order valence-electron chi connectivity index (χ3n) is 3.40. The van der Waals surface area contributed by atoms with E-state index in [9.17, 15) is 13.6 Å². The molecule has 0 saturated carbocycles. The second-order valence-corrected chi connectivity index (χ2v) is 4.77. The first kappa shape index (κ1) is 14.7. The number of carbonyl (C=O) groups is 1. The lowest BCUT2D eigenvalue weighted by atomic mass is 10.1. The molecule has 1 aliphatic heterocycles. The van der Waals surface area contributed by atoms with Gasteiger partial charge in [0.2, 0.25) is 5.91 Å². The first-order valence-electron chi connectivity index (χ1n) is 6.57. The fourth-order valence-electron chi connectivity index (χ4n) is 2.31. The molecule has 0 atom stereocenters. The van der Waals surface area contributed by atoms with Gasteiger partial charge in [0.15, 0.2) is 0 Å². The highest BCUT2D eigenvalue weighted by Crippen LogP contribution is 2.22. The van der Waals surface area contributed by atoms with Gasteiger partial charge in [0, 0.05) is 45.2 Å². The number of hydrogen-bond donors (Lipinski definition) is 0. The van der Waals surface area contributed by atoms with Crippen molar-refractivity contribution in [3.05, 3.63) is 29.8 Å². The standard InChI is InChI=1S/C14H18F2N2O2/c1-11(19)18-8-6-17(7-9-18)10-12-4-2-3-5-13(12)20-14(15)16/h2-5,14H,6-10H2,1H3. The third kappa shape index (κ3) is 3.90. The maximum atomic E-state index is 12.3. The van der Waals surface area contributed by atoms with Gasteiger partial charge < -0.3 is 9.64 Å². The molecule has 0 bridgehead atoms. The van der Waals surface area contributed by atoms with Gasteiger partial charge >= 0.3 is 6.61 Å². The summed E-state index contributed by atoms with van der Waals surface area (Å²) in [6.07, 6.45) is 0. The lowest BCUT2D eigenvalue weighted by molar-refractivity contribution is -0.130. The van der Waals surface area contributed by atoms with Crippen LogP contribution in [0.2, 0.25) is 0 Å². The summed E-state index contributed by atoms with van der Waals surface area (Å²) in [5.74, 6) is 0.294. The van der Waals surface area contributed by atoms with Gasteiger partial charge in [-0.25, -0.2) is 0 Å². The van der Waals surface area contributed by atoms with Crippen molar-refractivity contribution in [2.24, 2.45) is 0 Å². The summed E-state index contributed by atoms with van der Waals surface area (Å²) >= 11 is 0. The van der Waals surface area contributed by atoms with Gasteiger partial charge in [-0.2, -0.15) is 8.78 Å². The second-order valence-electron chi connectivity index (χ2n) is 4.77. The number of halogens is 2. The van der Waals surface area contributed by atoms with Gasteiger partial charge in [0.25, 0.3) is 0 Å². The number of amides is 1. The summed E-state index contributed by atoms with van der Waals surface area (Å²) in [6.45, 7) is 2.12. The zero-order chi connectivity index (χ0) is 14.5. The lowest BCUT2D eigenvalue weighted by Gasteiger charge is -2.34. The molecule has 20 heavy (non-hydrogen) atoms. The molecule has 1 aliphatic rings. The molecule has 1 saturated heterocycles. The molecular formula is C14H18F2N2O2. The molecule has 1 amide bonds. The lowest BCUT2D eigenvalue weighted by Crippen LogP contribution is -2.47. The van der Waals surface area contributed by atoms with Crippen LogP contribution in [-0.4, -0.2) is 48.5 Å². The first-order valence-corrected chi connectivity index (χ1v) is 6.57.